The lowest BCUT2D eigenvalue weighted by Crippen LogP contribution is -2.37. The number of hydrogen-bond acceptors (Lipinski definition) is 4. The topological polar surface area (TPSA) is 64.0 Å². The van der Waals surface area contributed by atoms with Gasteiger partial charge in [-0.05, 0) is 49.0 Å². The number of carbonyl (C=O) groups is 1. The van der Waals surface area contributed by atoms with Crippen LogP contribution in [-0.2, 0) is 24.2 Å². The van der Waals surface area contributed by atoms with Crippen LogP contribution in [0.3, 0.4) is 0 Å². The summed E-state index contributed by atoms with van der Waals surface area (Å²) in [5, 5.41) is 3.81. The number of hydrogen-bond donors (Lipinski definition) is 1. The number of aromatic nitrogens is 2. The van der Waals surface area contributed by atoms with Gasteiger partial charge in [0.1, 0.15) is 11.4 Å². The second-order valence-corrected chi connectivity index (χ2v) is 10.3. The Morgan fingerprint density at radius 2 is 2.04 bits per heavy atom. The number of carbonyl (C=O) groups excluding carboxylic acids is 1. The van der Waals surface area contributed by atoms with Crippen molar-refractivity contribution in [3.05, 3.63) is 27.1 Å². The van der Waals surface area contributed by atoms with E-state index in [1.54, 1.807) is 17.7 Å². The quantitative estimate of drug-likeness (QED) is 0.874. The molecule has 5 nitrogen and oxygen atoms in total. The fourth-order valence-corrected chi connectivity index (χ4v) is 5.81. The first-order valence-corrected chi connectivity index (χ1v) is 10.9. The average molecular weight is 388 g/mol. The molecule has 1 fully saturated rings. The standard InChI is InChI=1S/C21H29N3O2S/c1-21(2,3)13-8-9-15-16(10-13)27-19-18(15)20(26)24(12-22-19)11-17(25)23-14-6-4-5-7-14/h12-14H,4-11H2,1-3H3,(H,23,25)/t13-/m0/s1. The van der Waals surface area contributed by atoms with Crippen LogP contribution in [0.25, 0.3) is 10.2 Å². The van der Waals surface area contributed by atoms with Crippen molar-refractivity contribution in [1.82, 2.24) is 14.9 Å². The van der Waals surface area contributed by atoms with E-state index in [2.05, 4.69) is 31.1 Å². The third kappa shape index (κ3) is 3.68. The lowest BCUT2D eigenvalue weighted by atomic mass is 9.72. The van der Waals surface area contributed by atoms with Crippen molar-refractivity contribution in [2.45, 2.75) is 78.3 Å². The Balaban J connectivity index is 1.59. The van der Waals surface area contributed by atoms with Gasteiger partial charge in [0.2, 0.25) is 5.91 Å². The molecule has 2 aliphatic carbocycles. The molecule has 4 rings (SSSR count). The van der Waals surface area contributed by atoms with Crippen molar-refractivity contribution in [3.63, 3.8) is 0 Å². The molecule has 1 atom stereocenters. The van der Waals surface area contributed by atoms with E-state index in [1.165, 1.54) is 27.8 Å². The molecule has 1 amide bonds. The summed E-state index contributed by atoms with van der Waals surface area (Å²) in [5.41, 5.74) is 1.40. The second-order valence-electron chi connectivity index (χ2n) is 9.22. The highest BCUT2D eigenvalue weighted by Crippen LogP contribution is 2.41. The highest BCUT2D eigenvalue weighted by Gasteiger charge is 2.31. The normalized spacial score (nSPS) is 20.8. The number of fused-ring (bicyclic) bond motifs is 3. The maximum Gasteiger partial charge on any atom is 0.262 e. The van der Waals surface area contributed by atoms with Gasteiger partial charge in [0.15, 0.2) is 0 Å². The van der Waals surface area contributed by atoms with Gasteiger partial charge in [-0.1, -0.05) is 33.6 Å². The summed E-state index contributed by atoms with van der Waals surface area (Å²) in [6, 6.07) is 0.271. The summed E-state index contributed by atoms with van der Waals surface area (Å²) in [6.45, 7) is 6.95. The highest BCUT2D eigenvalue weighted by molar-refractivity contribution is 7.18. The molecule has 2 aliphatic rings. The largest absolute Gasteiger partial charge is 0.352 e. The van der Waals surface area contributed by atoms with Crippen molar-refractivity contribution in [2.75, 3.05) is 0 Å². The smallest absolute Gasteiger partial charge is 0.262 e. The molecule has 0 bridgehead atoms. The summed E-state index contributed by atoms with van der Waals surface area (Å²) < 4.78 is 1.48. The van der Waals surface area contributed by atoms with Crippen LogP contribution >= 0.6 is 11.3 Å². The number of rotatable bonds is 3. The molecular weight excluding hydrogens is 358 g/mol. The van der Waals surface area contributed by atoms with Crippen LogP contribution in [0, 0.1) is 11.3 Å². The molecule has 1 N–H and O–H groups in total. The molecule has 146 valence electrons. The van der Waals surface area contributed by atoms with Crippen LogP contribution in [-0.4, -0.2) is 21.5 Å². The molecule has 2 aromatic heterocycles. The van der Waals surface area contributed by atoms with E-state index in [1.807, 2.05) is 0 Å². The summed E-state index contributed by atoms with van der Waals surface area (Å²) >= 11 is 1.66. The van der Waals surface area contributed by atoms with Gasteiger partial charge in [0.05, 0.1) is 11.7 Å². The summed E-state index contributed by atoms with van der Waals surface area (Å²) in [4.78, 5) is 32.1. The molecule has 0 aliphatic heterocycles. The Labute approximate surface area is 164 Å². The maximum absolute atomic E-state index is 13.1. The average Bonchev–Trinajstić information content (AvgIpc) is 3.23. The molecular formula is C21H29N3O2S. The van der Waals surface area contributed by atoms with Gasteiger partial charge in [-0.3, -0.25) is 14.2 Å². The monoisotopic (exact) mass is 387 g/mol. The van der Waals surface area contributed by atoms with Gasteiger partial charge in [0, 0.05) is 10.9 Å². The molecule has 27 heavy (non-hydrogen) atoms. The van der Waals surface area contributed by atoms with Gasteiger partial charge in [-0.15, -0.1) is 11.3 Å². The molecule has 0 saturated heterocycles. The molecule has 0 spiro atoms. The highest BCUT2D eigenvalue weighted by atomic mass is 32.1. The SMILES string of the molecule is CC(C)(C)[C@H]1CCc2c(sc3ncn(CC(=O)NC4CCCC4)c(=O)c23)C1. The number of thiophene rings is 1. The maximum atomic E-state index is 13.1. The van der Waals surface area contributed by atoms with E-state index < -0.39 is 0 Å². The minimum absolute atomic E-state index is 0.0618. The molecule has 2 aromatic rings. The van der Waals surface area contributed by atoms with Crippen molar-refractivity contribution >= 4 is 27.5 Å². The van der Waals surface area contributed by atoms with Crippen molar-refractivity contribution in [2.24, 2.45) is 11.3 Å². The lowest BCUT2D eigenvalue weighted by molar-refractivity contribution is -0.122. The van der Waals surface area contributed by atoms with Gasteiger partial charge in [-0.2, -0.15) is 0 Å². The van der Waals surface area contributed by atoms with E-state index in [0.717, 1.165) is 42.3 Å². The Bertz CT molecular complexity index is 916. The number of amides is 1. The summed E-state index contributed by atoms with van der Waals surface area (Å²) in [7, 11) is 0. The van der Waals surface area contributed by atoms with Gasteiger partial charge < -0.3 is 5.32 Å². The predicted molar refractivity (Wildman–Crippen MR) is 109 cm³/mol. The first-order chi connectivity index (χ1) is 12.8. The predicted octanol–water partition coefficient (Wildman–Crippen LogP) is 3.67. The minimum Gasteiger partial charge on any atom is -0.352 e. The van der Waals surface area contributed by atoms with E-state index >= 15 is 0 Å². The van der Waals surface area contributed by atoms with E-state index in [9.17, 15) is 9.59 Å². The van der Waals surface area contributed by atoms with E-state index in [0.29, 0.717) is 5.92 Å². The molecule has 6 heteroatoms. The third-order valence-electron chi connectivity index (χ3n) is 6.29. The lowest BCUT2D eigenvalue weighted by Gasteiger charge is -2.33. The Hall–Kier alpha value is -1.69. The molecule has 0 unspecified atom stereocenters. The summed E-state index contributed by atoms with van der Waals surface area (Å²) in [6.07, 6.45) is 9.06. The summed E-state index contributed by atoms with van der Waals surface area (Å²) in [5.74, 6) is 0.555. The Kier molecular flexibility index (Phi) is 4.87. The van der Waals surface area contributed by atoms with Crippen molar-refractivity contribution in [3.8, 4) is 0 Å². The zero-order valence-corrected chi connectivity index (χ0v) is 17.3. The number of nitrogens with one attached hydrogen (secondary N) is 1. The van der Waals surface area contributed by atoms with Crippen LogP contribution in [0.4, 0.5) is 0 Å². The molecule has 0 aromatic carbocycles. The molecule has 1 saturated carbocycles. The van der Waals surface area contributed by atoms with Crippen molar-refractivity contribution < 1.29 is 4.79 Å². The number of aryl methyl sites for hydroxylation is 1. The Morgan fingerprint density at radius 1 is 1.30 bits per heavy atom. The van der Waals surface area contributed by atoms with Gasteiger partial charge >= 0.3 is 0 Å². The van der Waals surface area contributed by atoms with Crippen LogP contribution in [0.15, 0.2) is 11.1 Å². The van der Waals surface area contributed by atoms with Crippen LogP contribution < -0.4 is 10.9 Å². The second kappa shape index (κ2) is 7.04. The van der Waals surface area contributed by atoms with E-state index in [4.69, 9.17) is 0 Å². The zero-order valence-electron chi connectivity index (χ0n) is 16.5. The van der Waals surface area contributed by atoms with Gasteiger partial charge in [-0.25, -0.2) is 4.98 Å². The molecule has 2 heterocycles. The fraction of sp³-hybridized carbons (Fsp3) is 0.667. The minimum atomic E-state index is -0.0814. The fourth-order valence-electron chi connectivity index (χ4n) is 4.55. The third-order valence-corrected chi connectivity index (χ3v) is 7.46. The number of nitrogens with zero attached hydrogens (tertiary/aromatic N) is 2. The van der Waals surface area contributed by atoms with Crippen molar-refractivity contribution in [1.29, 1.82) is 0 Å². The van der Waals surface area contributed by atoms with Gasteiger partial charge in [0.25, 0.3) is 5.56 Å². The van der Waals surface area contributed by atoms with E-state index in [-0.39, 0.29) is 29.5 Å². The van der Waals surface area contributed by atoms with Crippen LogP contribution in [0.1, 0.15) is 63.3 Å². The first kappa shape index (κ1) is 18.7. The molecule has 0 radical (unpaired) electrons. The Morgan fingerprint density at radius 3 is 2.74 bits per heavy atom. The van der Waals surface area contributed by atoms with Crippen LogP contribution in [0.2, 0.25) is 0 Å². The van der Waals surface area contributed by atoms with Crippen LogP contribution in [0.5, 0.6) is 0 Å². The first-order valence-electron chi connectivity index (χ1n) is 10.1. The zero-order chi connectivity index (χ0) is 19.2.